The van der Waals surface area contributed by atoms with E-state index >= 15 is 0 Å². The molecule has 1 N–H and O–H groups in total. The molecule has 0 aliphatic rings. The standard InChI is InChI=1S/C16H11NO2S/c18-15(19)10-7-11-5-8-12(9-6-11)16-17-13-3-1-2-4-14(13)20-16/h1-10H,(H,18,19)/b10-7+. The number of aliphatic carboxylic acids is 1. The molecule has 2 aromatic carbocycles. The average molecular weight is 281 g/mol. The van der Waals surface area contributed by atoms with Gasteiger partial charge in [-0.15, -0.1) is 11.3 Å². The first kappa shape index (κ1) is 12.6. The number of hydrogen-bond donors (Lipinski definition) is 1. The van der Waals surface area contributed by atoms with Crippen LogP contribution in [0.1, 0.15) is 5.56 Å². The molecule has 0 saturated carbocycles. The summed E-state index contributed by atoms with van der Waals surface area (Å²) in [5, 5.41) is 9.57. The fourth-order valence-corrected chi connectivity index (χ4v) is 2.87. The highest BCUT2D eigenvalue weighted by Crippen LogP contribution is 2.30. The number of carboxylic acid groups (broad SMARTS) is 1. The fourth-order valence-electron chi connectivity index (χ4n) is 1.90. The van der Waals surface area contributed by atoms with Gasteiger partial charge in [0.2, 0.25) is 0 Å². The van der Waals surface area contributed by atoms with E-state index in [0.717, 1.165) is 32.4 Å². The summed E-state index contributed by atoms with van der Waals surface area (Å²) in [6.45, 7) is 0. The van der Waals surface area contributed by atoms with Crippen LogP contribution < -0.4 is 0 Å². The van der Waals surface area contributed by atoms with Gasteiger partial charge in [0.1, 0.15) is 5.01 Å². The van der Waals surface area contributed by atoms with Gasteiger partial charge >= 0.3 is 5.97 Å². The largest absolute Gasteiger partial charge is 0.478 e. The molecule has 0 saturated heterocycles. The number of para-hydroxylation sites is 1. The molecule has 0 atom stereocenters. The Hall–Kier alpha value is -2.46. The number of fused-ring (bicyclic) bond motifs is 1. The van der Waals surface area contributed by atoms with Crippen LogP contribution in [0, 0.1) is 0 Å². The molecular formula is C16H11NO2S. The van der Waals surface area contributed by atoms with E-state index in [1.165, 1.54) is 0 Å². The molecule has 3 nitrogen and oxygen atoms in total. The number of carboxylic acids is 1. The van der Waals surface area contributed by atoms with E-state index in [0.29, 0.717) is 0 Å². The van der Waals surface area contributed by atoms with Crippen LogP contribution in [0.2, 0.25) is 0 Å². The summed E-state index contributed by atoms with van der Waals surface area (Å²) in [7, 11) is 0. The van der Waals surface area contributed by atoms with Crippen molar-refractivity contribution in [2.75, 3.05) is 0 Å². The first-order chi connectivity index (χ1) is 9.72. The molecule has 1 aromatic heterocycles. The van der Waals surface area contributed by atoms with Crippen LogP contribution in [0.15, 0.2) is 54.6 Å². The molecular weight excluding hydrogens is 270 g/mol. The van der Waals surface area contributed by atoms with Gasteiger partial charge in [-0.05, 0) is 23.8 Å². The van der Waals surface area contributed by atoms with Crippen LogP contribution in [0.3, 0.4) is 0 Å². The van der Waals surface area contributed by atoms with Gasteiger partial charge in [-0.3, -0.25) is 0 Å². The zero-order valence-electron chi connectivity index (χ0n) is 10.5. The van der Waals surface area contributed by atoms with Crippen molar-refractivity contribution >= 4 is 33.6 Å². The van der Waals surface area contributed by atoms with Gasteiger partial charge in [-0.1, -0.05) is 36.4 Å². The number of rotatable bonds is 3. The SMILES string of the molecule is O=C(O)/C=C/c1ccc(-c2nc3ccccc3s2)cc1. The summed E-state index contributed by atoms with van der Waals surface area (Å²) < 4.78 is 1.16. The van der Waals surface area contributed by atoms with Crippen LogP contribution in [0.4, 0.5) is 0 Å². The van der Waals surface area contributed by atoms with Crippen molar-refractivity contribution in [1.82, 2.24) is 4.98 Å². The van der Waals surface area contributed by atoms with Crippen LogP contribution in [-0.4, -0.2) is 16.1 Å². The molecule has 0 aliphatic carbocycles. The van der Waals surface area contributed by atoms with E-state index in [1.807, 2.05) is 42.5 Å². The quantitative estimate of drug-likeness (QED) is 0.736. The lowest BCUT2D eigenvalue weighted by molar-refractivity contribution is -0.131. The first-order valence-electron chi connectivity index (χ1n) is 6.09. The maximum Gasteiger partial charge on any atom is 0.328 e. The molecule has 0 spiro atoms. The van der Waals surface area contributed by atoms with Crippen molar-refractivity contribution < 1.29 is 9.90 Å². The van der Waals surface area contributed by atoms with Gasteiger partial charge in [0.25, 0.3) is 0 Å². The fraction of sp³-hybridized carbons (Fsp3) is 0. The van der Waals surface area contributed by atoms with E-state index in [2.05, 4.69) is 11.1 Å². The third-order valence-electron chi connectivity index (χ3n) is 2.87. The molecule has 98 valence electrons. The van der Waals surface area contributed by atoms with Gasteiger partial charge in [0.05, 0.1) is 10.2 Å². The Morgan fingerprint density at radius 1 is 1.10 bits per heavy atom. The van der Waals surface area contributed by atoms with E-state index in [9.17, 15) is 4.79 Å². The summed E-state index contributed by atoms with van der Waals surface area (Å²) >= 11 is 1.65. The topological polar surface area (TPSA) is 50.2 Å². The highest BCUT2D eigenvalue weighted by molar-refractivity contribution is 7.21. The molecule has 3 aromatic rings. The monoisotopic (exact) mass is 281 g/mol. The van der Waals surface area contributed by atoms with Gasteiger partial charge in [0, 0.05) is 11.6 Å². The van der Waals surface area contributed by atoms with E-state index in [-0.39, 0.29) is 0 Å². The van der Waals surface area contributed by atoms with Crippen LogP contribution in [0.5, 0.6) is 0 Å². The lowest BCUT2D eigenvalue weighted by Gasteiger charge is -1.97. The smallest absolute Gasteiger partial charge is 0.328 e. The molecule has 0 aliphatic heterocycles. The van der Waals surface area contributed by atoms with Gasteiger partial charge < -0.3 is 5.11 Å². The summed E-state index contributed by atoms with van der Waals surface area (Å²) in [5.74, 6) is -0.944. The molecule has 0 radical (unpaired) electrons. The summed E-state index contributed by atoms with van der Waals surface area (Å²) in [6, 6.07) is 15.7. The minimum Gasteiger partial charge on any atom is -0.478 e. The Labute approximate surface area is 119 Å². The predicted octanol–water partition coefficient (Wildman–Crippen LogP) is 4.06. The average Bonchev–Trinajstić information content (AvgIpc) is 2.89. The minimum atomic E-state index is -0.944. The zero-order valence-corrected chi connectivity index (χ0v) is 11.3. The van der Waals surface area contributed by atoms with Crippen LogP contribution in [-0.2, 0) is 4.79 Å². The van der Waals surface area contributed by atoms with E-state index in [4.69, 9.17) is 5.11 Å². The second-order valence-corrected chi connectivity index (χ2v) is 5.31. The minimum absolute atomic E-state index is 0.859. The molecule has 20 heavy (non-hydrogen) atoms. The Morgan fingerprint density at radius 3 is 2.55 bits per heavy atom. The normalized spacial score (nSPS) is 11.2. The maximum absolute atomic E-state index is 10.5. The van der Waals surface area contributed by atoms with Crippen molar-refractivity contribution in [3.63, 3.8) is 0 Å². The second-order valence-electron chi connectivity index (χ2n) is 4.28. The van der Waals surface area contributed by atoms with Crippen molar-refractivity contribution in [3.05, 3.63) is 60.2 Å². The molecule has 0 unspecified atom stereocenters. The summed E-state index contributed by atoms with van der Waals surface area (Å²) in [6.07, 6.45) is 2.71. The number of benzene rings is 2. The molecule has 3 rings (SSSR count). The molecule has 4 heteroatoms. The lowest BCUT2D eigenvalue weighted by atomic mass is 10.1. The number of nitrogens with zero attached hydrogens (tertiary/aromatic N) is 1. The highest BCUT2D eigenvalue weighted by atomic mass is 32.1. The second kappa shape index (κ2) is 5.27. The van der Waals surface area contributed by atoms with Gasteiger partial charge in [0.15, 0.2) is 0 Å². The van der Waals surface area contributed by atoms with Crippen molar-refractivity contribution in [2.45, 2.75) is 0 Å². The molecule has 1 heterocycles. The van der Waals surface area contributed by atoms with Crippen molar-refractivity contribution in [3.8, 4) is 10.6 Å². The Morgan fingerprint density at radius 2 is 1.85 bits per heavy atom. The highest BCUT2D eigenvalue weighted by Gasteiger charge is 2.05. The summed E-state index contributed by atoms with van der Waals surface area (Å²) in [4.78, 5) is 15.1. The predicted molar refractivity (Wildman–Crippen MR) is 81.7 cm³/mol. The van der Waals surface area contributed by atoms with Crippen LogP contribution >= 0.6 is 11.3 Å². The van der Waals surface area contributed by atoms with Crippen LogP contribution in [0.25, 0.3) is 26.9 Å². The zero-order chi connectivity index (χ0) is 13.9. The van der Waals surface area contributed by atoms with Gasteiger partial charge in [-0.25, -0.2) is 9.78 Å². The molecule has 0 bridgehead atoms. The Balaban J connectivity index is 1.92. The molecule has 0 fully saturated rings. The van der Waals surface area contributed by atoms with E-state index in [1.54, 1.807) is 17.4 Å². The number of thiazole rings is 1. The van der Waals surface area contributed by atoms with Gasteiger partial charge in [-0.2, -0.15) is 0 Å². The van der Waals surface area contributed by atoms with Crippen molar-refractivity contribution in [1.29, 1.82) is 0 Å². The number of aromatic nitrogens is 1. The van der Waals surface area contributed by atoms with E-state index < -0.39 is 5.97 Å². The first-order valence-corrected chi connectivity index (χ1v) is 6.91. The molecule has 0 amide bonds. The third-order valence-corrected chi connectivity index (χ3v) is 3.96. The lowest BCUT2D eigenvalue weighted by Crippen LogP contribution is -1.85. The number of hydrogen-bond acceptors (Lipinski definition) is 3. The summed E-state index contributed by atoms with van der Waals surface area (Å²) in [5.41, 5.74) is 2.90. The Kier molecular flexibility index (Phi) is 3.31. The Bertz CT molecular complexity index is 755. The maximum atomic E-state index is 10.5. The third kappa shape index (κ3) is 2.60. The number of carbonyl (C=O) groups is 1. The van der Waals surface area contributed by atoms with Crippen molar-refractivity contribution in [2.24, 2.45) is 0 Å².